The summed E-state index contributed by atoms with van der Waals surface area (Å²) in [6, 6.07) is 6.52. The molecule has 1 amide bonds. The van der Waals surface area contributed by atoms with Crippen LogP contribution >= 0.6 is 0 Å². The fourth-order valence-electron chi connectivity index (χ4n) is 3.28. The molecule has 0 bridgehead atoms. The molecule has 0 saturated carbocycles. The standard InChI is InChI=1S/C19H22FN3O3/c1-2-26-18(24)12-22-19(25)13-6-9-23(10-7-13)17-5-8-21-16-11-14(20)3-4-15(16)17/h3-5,8,11,13H,2,6-7,9-10,12H2,1H3,(H,22,25). The second kappa shape index (κ2) is 8.12. The molecule has 138 valence electrons. The summed E-state index contributed by atoms with van der Waals surface area (Å²) in [5, 5.41) is 3.55. The van der Waals surface area contributed by atoms with Crippen LogP contribution in [0.4, 0.5) is 10.1 Å². The number of nitrogens with one attached hydrogen (secondary N) is 1. The average Bonchev–Trinajstić information content (AvgIpc) is 2.66. The van der Waals surface area contributed by atoms with Gasteiger partial charge < -0.3 is 15.0 Å². The number of nitrogens with zero attached hydrogens (tertiary/aromatic N) is 2. The molecule has 0 unspecified atom stereocenters. The van der Waals surface area contributed by atoms with E-state index in [-0.39, 0.29) is 24.2 Å². The molecule has 2 heterocycles. The fraction of sp³-hybridized carbons (Fsp3) is 0.421. The first-order chi connectivity index (χ1) is 12.6. The fourth-order valence-corrected chi connectivity index (χ4v) is 3.28. The molecule has 1 saturated heterocycles. The molecule has 1 aliphatic heterocycles. The summed E-state index contributed by atoms with van der Waals surface area (Å²) in [6.45, 7) is 3.37. The number of carbonyl (C=O) groups is 2. The zero-order valence-electron chi connectivity index (χ0n) is 14.7. The second-order valence-electron chi connectivity index (χ2n) is 6.28. The van der Waals surface area contributed by atoms with Gasteiger partial charge >= 0.3 is 5.97 Å². The van der Waals surface area contributed by atoms with Crippen LogP contribution in [0.5, 0.6) is 0 Å². The van der Waals surface area contributed by atoms with Gasteiger partial charge in [-0.15, -0.1) is 0 Å². The number of ether oxygens (including phenoxy) is 1. The normalized spacial score (nSPS) is 15.1. The van der Waals surface area contributed by atoms with Crippen LogP contribution < -0.4 is 10.2 Å². The molecule has 1 aromatic carbocycles. The molecule has 26 heavy (non-hydrogen) atoms. The van der Waals surface area contributed by atoms with Crippen LogP contribution in [0.3, 0.4) is 0 Å². The molecule has 1 aromatic heterocycles. The maximum atomic E-state index is 13.4. The van der Waals surface area contributed by atoms with E-state index in [9.17, 15) is 14.0 Å². The molecule has 3 rings (SSSR count). The average molecular weight is 359 g/mol. The first-order valence-corrected chi connectivity index (χ1v) is 8.81. The predicted molar refractivity (Wildman–Crippen MR) is 96.3 cm³/mol. The maximum absolute atomic E-state index is 13.4. The van der Waals surface area contributed by atoms with E-state index >= 15 is 0 Å². The lowest BCUT2D eigenvalue weighted by atomic mass is 9.95. The van der Waals surface area contributed by atoms with E-state index in [1.165, 1.54) is 12.1 Å². The third-order valence-corrected chi connectivity index (χ3v) is 4.60. The van der Waals surface area contributed by atoms with Crippen molar-refractivity contribution in [1.29, 1.82) is 0 Å². The van der Waals surface area contributed by atoms with Gasteiger partial charge in [-0.25, -0.2) is 4.39 Å². The van der Waals surface area contributed by atoms with E-state index in [0.29, 0.717) is 38.1 Å². The molecular formula is C19H22FN3O3. The highest BCUT2D eigenvalue weighted by Gasteiger charge is 2.26. The van der Waals surface area contributed by atoms with Crippen molar-refractivity contribution in [2.75, 3.05) is 31.1 Å². The number of pyridine rings is 1. The molecular weight excluding hydrogens is 337 g/mol. The van der Waals surface area contributed by atoms with Crippen molar-refractivity contribution in [1.82, 2.24) is 10.3 Å². The van der Waals surface area contributed by atoms with Crippen LogP contribution in [-0.2, 0) is 14.3 Å². The number of carbonyl (C=O) groups excluding carboxylic acids is 2. The van der Waals surface area contributed by atoms with Crippen LogP contribution in [0, 0.1) is 11.7 Å². The topological polar surface area (TPSA) is 71.5 Å². The number of amides is 1. The first kappa shape index (κ1) is 18.1. The van der Waals surface area contributed by atoms with Crippen LogP contribution in [-0.4, -0.2) is 43.1 Å². The number of piperidine rings is 1. The van der Waals surface area contributed by atoms with Gasteiger partial charge in [0.05, 0.1) is 12.1 Å². The van der Waals surface area contributed by atoms with Crippen molar-refractivity contribution in [2.24, 2.45) is 5.92 Å². The number of hydrogen-bond donors (Lipinski definition) is 1. The van der Waals surface area contributed by atoms with E-state index in [1.807, 2.05) is 6.07 Å². The molecule has 0 radical (unpaired) electrons. The Bertz CT molecular complexity index is 804. The molecule has 1 aliphatic rings. The number of fused-ring (bicyclic) bond motifs is 1. The Labute approximate surface area is 151 Å². The van der Waals surface area contributed by atoms with Gasteiger partial charge in [0.1, 0.15) is 12.4 Å². The van der Waals surface area contributed by atoms with Crippen LogP contribution in [0.1, 0.15) is 19.8 Å². The Hall–Kier alpha value is -2.70. The Morgan fingerprint density at radius 3 is 2.81 bits per heavy atom. The van der Waals surface area contributed by atoms with Crippen molar-refractivity contribution in [3.63, 3.8) is 0 Å². The number of aromatic nitrogens is 1. The van der Waals surface area contributed by atoms with Gasteiger partial charge in [0, 0.05) is 42.3 Å². The van der Waals surface area contributed by atoms with E-state index in [2.05, 4.69) is 15.2 Å². The summed E-state index contributed by atoms with van der Waals surface area (Å²) < 4.78 is 18.2. The highest BCUT2D eigenvalue weighted by molar-refractivity contribution is 5.91. The van der Waals surface area contributed by atoms with Gasteiger partial charge in [0.15, 0.2) is 0 Å². The molecule has 0 aliphatic carbocycles. The third kappa shape index (κ3) is 4.09. The number of rotatable bonds is 5. The lowest BCUT2D eigenvalue weighted by Gasteiger charge is -2.33. The highest BCUT2D eigenvalue weighted by atomic mass is 19.1. The number of anilines is 1. The second-order valence-corrected chi connectivity index (χ2v) is 6.28. The SMILES string of the molecule is CCOC(=O)CNC(=O)C1CCN(c2ccnc3cc(F)ccc23)CC1. The molecule has 1 N–H and O–H groups in total. The lowest BCUT2D eigenvalue weighted by molar-refractivity contribution is -0.143. The summed E-state index contributed by atoms with van der Waals surface area (Å²) in [5.41, 5.74) is 1.62. The maximum Gasteiger partial charge on any atom is 0.325 e. The molecule has 0 spiro atoms. The largest absolute Gasteiger partial charge is 0.465 e. The van der Waals surface area contributed by atoms with E-state index < -0.39 is 5.97 Å². The van der Waals surface area contributed by atoms with Gasteiger partial charge in [0.2, 0.25) is 5.91 Å². The summed E-state index contributed by atoms with van der Waals surface area (Å²) in [5.74, 6) is -0.960. The minimum atomic E-state index is -0.422. The van der Waals surface area contributed by atoms with Gasteiger partial charge in [-0.05, 0) is 38.0 Å². The van der Waals surface area contributed by atoms with Gasteiger partial charge in [-0.2, -0.15) is 0 Å². The zero-order chi connectivity index (χ0) is 18.5. The molecule has 7 heteroatoms. The van der Waals surface area contributed by atoms with Crippen molar-refractivity contribution in [3.8, 4) is 0 Å². The Morgan fingerprint density at radius 2 is 2.08 bits per heavy atom. The Balaban J connectivity index is 1.60. The molecule has 1 fully saturated rings. The monoisotopic (exact) mass is 359 g/mol. The summed E-state index contributed by atoms with van der Waals surface area (Å²) in [7, 11) is 0. The first-order valence-electron chi connectivity index (χ1n) is 8.81. The number of hydrogen-bond acceptors (Lipinski definition) is 5. The van der Waals surface area contributed by atoms with Crippen LogP contribution in [0.25, 0.3) is 10.9 Å². The highest BCUT2D eigenvalue weighted by Crippen LogP contribution is 2.29. The lowest BCUT2D eigenvalue weighted by Crippen LogP contribution is -2.42. The summed E-state index contributed by atoms with van der Waals surface area (Å²) in [4.78, 5) is 30.0. The zero-order valence-corrected chi connectivity index (χ0v) is 14.7. The van der Waals surface area contributed by atoms with Gasteiger partial charge in [-0.1, -0.05) is 0 Å². The molecule has 2 aromatic rings. The Kier molecular flexibility index (Phi) is 5.65. The smallest absolute Gasteiger partial charge is 0.325 e. The third-order valence-electron chi connectivity index (χ3n) is 4.60. The van der Waals surface area contributed by atoms with E-state index in [1.54, 1.807) is 19.2 Å². The van der Waals surface area contributed by atoms with Crippen molar-refractivity contribution >= 4 is 28.5 Å². The van der Waals surface area contributed by atoms with Gasteiger partial charge in [0.25, 0.3) is 0 Å². The van der Waals surface area contributed by atoms with Crippen molar-refractivity contribution in [3.05, 3.63) is 36.3 Å². The minimum absolute atomic E-state index is 0.0898. The van der Waals surface area contributed by atoms with Crippen molar-refractivity contribution in [2.45, 2.75) is 19.8 Å². The number of halogens is 1. The molecule has 6 nitrogen and oxygen atoms in total. The van der Waals surface area contributed by atoms with E-state index in [0.717, 1.165) is 11.1 Å². The predicted octanol–water partition coefficient (Wildman–Crippen LogP) is 2.27. The molecule has 0 atom stereocenters. The summed E-state index contributed by atoms with van der Waals surface area (Å²) in [6.07, 6.45) is 3.06. The summed E-state index contributed by atoms with van der Waals surface area (Å²) >= 11 is 0. The number of benzene rings is 1. The number of esters is 1. The minimum Gasteiger partial charge on any atom is -0.465 e. The van der Waals surface area contributed by atoms with E-state index in [4.69, 9.17) is 4.74 Å². The van der Waals surface area contributed by atoms with Gasteiger partial charge in [-0.3, -0.25) is 14.6 Å². The quantitative estimate of drug-likeness (QED) is 0.829. The van der Waals surface area contributed by atoms with Crippen LogP contribution in [0.2, 0.25) is 0 Å². The Morgan fingerprint density at radius 1 is 1.31 bits per heavy atom. The van der Waals surface area contributed by atoms with Crippen LogP contribution in [0.15, 0.2) is 30.5 Å². The van der Waals surface area contributed by atoms with Crippen molar-refractivity contribution < 1.29 is 18.7 Å².